The van der Waals surface area contributed by atoms with Crippen LogP contribution in [0.15, 0.2) is 54.6 Å². The average Bonchev–Trinajstić information content (AvgIpc) is 2.58. The summed E-state index contributed by atoms with van der Waals surface area (Å²) in [6.45, 7) is 0.999. The van der Waals surface area contributed by atoms with Gasteiger partial charge in [0.25, 0.3) is 0 Å². The van der Waals surface area contributed by atoms with Gasteiger partial charge >= 0.3 is 0 Å². The number of hydrogen-bond donors (Lipinski definition) is 1. The number of benzene rings is 2. The molecule has 0 unspecified atom stereocenters. The highest BCUT2D eigenvalue weighted by molar-refractivity contribution is 5.79. The zero-order valence-electron chi connectivity index (χ0n) is 15.8. The summed E-state index contributed by atoms with van der Waals surface area (Å²) < 4.78 is 12.9. The molecular formula is C23H27FN2O. The van der Waals surface area contributed by atoms with E-state index in [2.05, 4.69) is 47.6 Å². The van der Waals surface area contributed by atoms with E-state index in [-0.39, 0.29) is 11.7 Å². The standard InChI is InChI=1S/C23H27FN2O/c1-26(16-18-5-3-2-4-6-18)21-14-23(15-21)12-20(13-23)25-22(27)11-17-7-9-19(24)10-8-17/h2-10,20-21H,11-16H2,1H3,(H,25,27). The highest BCUT2D eigenvalue weighted by Gasteiger charge is 2.53. The van der Waals surface area contributed by atoms with E-state index in [1.165, 1.54) is 30.5 Å². The highest BCUT2D eigenvalue weighted by atomic mass is 19.1. The number of amides is 1. The molecule has 4 heteroatoms. The van der Waals surface area contributed by atoms with E-state index in [4.69, 9.17) is 0 Å². The van der Waals surface area contributed by atoms with Gasteiger partial charge in [-0.15, -0.1) is 0 Å². The largest absolute Gasteiger partial charge is 0.353 e. The topological polar surface area (TPSA) is 32.3 Å². The Kier molecular flexibility index (Phi) is 5.00. The van der Waals surface area contributed by atoms with Crippen molar-refractivity contribution in [2.75, 3.05) is 7.05 Å². The third kappa shape index (κ3) is 4.22. The van der Waals surface area contributed by atoms with Gasteiger partial charge in [0.1, 0.15) is 5.82 Å². The van der Waals surface area contributed by atoms with E-state index in [0.29, 0.717) is 23.9 Å². The van der Waals surface area contributed by atoms with Crippen molar-refractivity contribution >= 4 is 5.91 Å². The molecule has 2 aromatic rings. The predicted octanol–water partition coefficient (Wildman–Crippen LogP) is 3.93. The SMILES string of the molecule is CN(Cc1ccccc1)C1CC2(CC(NC(=O)Cc3ccc(F)cc3)C2)C1. The molecule has 3 nitrogen and oxygen atoms in total. The molecule has 27 heavy (non-hydrogen) atoms. The summed E-state index contributed by atoms with van der Waals surface area (Å²) in [6.07, 6.45) is 4.99. The summed E-state index contributed by atoms with van der Waals surface area (Å²) in [5.74, 6) is -0.226. The molecule has 1 spiro atoms. The molecule has 1 N–H and O–H groups in total. The van der Waals surface area contributed by atoms with Crippen LogP contribution < -0.4 is 5.32 Å². The third-order valence-corrected chi connectivity index (χ3v) is 6.24. The second-order valence-corrected chi connectivity index (χ2v) is 8.44. The van der Waals surface area contributed by atoms with E-state index >= 15 is 0 Å². The maximum absolute atomic E-state index is 12.9. The Hall–Kier alpha value is -2.20. The van der Waals surface area contributed by atoms with Crippen molar-refractivity contribution in [2.45, 2.75) is 50.7 Å². The number of hydrogen-bond acceptors (Lipinski definition) is 2. The smallest absolute Gasteiger partial charge is 0.224 e. The first-order valence-corrected chi connectivity index (χ1v) is 9.79. The molecule has 0 radical (unpaired) electrons. The average molecular weight is 366 g/mol. The van der Waals surface area contributed by atoms with Gasteiger partial charge in [-0.05, 0) is 61.4 Å². The molecule has 1 amide bonds. The van der Waals surface area contributed by atoms with Crippen LogP contribution in [0.4, 0.5) is 4.39 Å². The minimum absolute atomic E-state index is 0.0403. The molecule has 0 aromatic heterocycles. The zero-order chi connectivity index (χ0) is 18.9. The summed E-state index contributed by atoms with van der Waals surface area (Å²) in [5.41, 5.74) is 2.67. The van der Waals surface area contributed by atoms with Gasteiger partial charge in [0, 0.05) is 18.6 Å². The maximum atomic E-state index is 12.9. The lowest BCUT2D eigenvalue weighted by Gasteiger charge is -2.59. The van der Waals surface area contributed by atoms with Crippen LogP contribution in [0, 0.1) is 11.2 Å². The van der Waals surface area contributed by atoms with Crippen molar-refractivity contribution in [3.8, 4) is 0 Å². The minimum Gasteiger partial charge on any atom is -0.353 e. The van der Waals surface area contributed by atoms with Crippen LogP contribution in [0.3, 0.4) is 0 Å². The minimum atomic E-state index is -0.267. The highest BCUT2D eigenvalue weighted by Crippen LogP contribution is 2.57. The Labute approximate surface area is 160 Å². The Morgan fingerprint density at radius 2 is 1.70 bits per heavy atom. The van der Waals surface area contributed by atoms with Crippen LogP contribution in [0.5, 0.6) is 0 Å². The van der Waals surface area contributed by atoms with Gasteiger partial charge in [-0.25, -0.2) is 4.39 Å². The fourth-order valence-corrected chi connectivity index (χ4v) is 4.74. The van der Waals surface area contributed by atoms with Crippen molar-refractivity contribution in [1.82, 2.24) is 10.2 Å². The molecule has 0 heterocycles. The van der Waals surface area contributed by atoms with Crippen molar-refractivity contribution in [3.63, 3.8) is 0 Å². The molecule has 2 aliphatic carbocycles. The van der Waals surface area contributed by atoms with E-state index in [1.54, 1.807) is 12.1 Å². The Morgan fingerprint density at radius 3 is 2.37 bits per heavy atom. The molecule has 2 fully saturated rings. The lowest BCUT2D eigenvalue weighted by Crippen LogP contribution is -2.60. The van der Waals surface area contributed by atoms with Gasteiger partial charge in [0.2, 0.25) is 5.91 Å². The number of carbonyl (C=O) groups is 1. The third-order valence-electron chi connectivity index (χ3n) is 6.24. The lowest BCUT2D eigenvalue weighted by atomic mass is 9.52. The van der Waals surface area contributed by atoms with E-state index < -0.39 is 0 Å². The number of nitrogens with zero attached hydrogens (tertiary/aromatic N) is 1. The molecule has 2 aliphatic rings. The number of carbonyl (C=O) groups excluding carboxylic acids is 1. The second-order valence-electron chi connectivity index (χ2n) is 8.44. The first kappa shape index (κ1) is 18.2. The summed E-state index contributed by atoms with van der Waals surface area (Å²) in [6, 6.07) is 17.7. The molecule has 142 valence electrons. The summed E-state index contributed by atoms with van der Waals surface area (Å²) >= 11 is 0. The van der Waals surface area contributed by atoms with Gasteiger partial charge in [-0.2, -0.15) is 0 Å². The van der Waals surface area contributed by atoms with Crippen LogP contribution in [-0.4, -0.2) is 29.9 Å². The van der Waals surface area contributed by atoms with E-state index in [9.17, 15) is 9.18 Å². The summed E-state index contributed by atoms with van der Waals surface area (Å²) in [5, 5.41) is 3.14. The summed E-state index contributed by atoms with van der Waals surface area (Å²) in [4.78, 5) is 14.6. The van der Waals surface area contributed by atoms with Crippen molar-refractivity contribution < 1.29 is 9.18 Å². The first-order valence-electron chi connectivity index (χ1n) is 9.79. The quantitative estimate of drug-likeness (QED) is 0.840. The van der Waals surface area contributed by atoms with Gasteiger partial charge in [-0.1, -0.05) is 42.5 Å². The Morgan fingerprint density at radius 1 is 1.04 bits per heavy atom. The maximum Gasteiger partial charge on any atom is 0.224 e. The Bertz CT molecular complexity index is 776. The molecule has 0 atom stereocenters. The lowest BCUT2D eigenvalue weighted by molar-refractivity contribution is -0.125. The molecular weight excluding hydrogens is 339 g/mol. The zero-order valence-corrected chi connectivity index (χ0v) is 15.8. The molecule has 2 aromatic carbocycles. The fourth-order valence-electron chi connectivity index (χ4n) is 4.74. The van der Waals surface area contributed by atoms with Crippen LogP contribution in [0.1, 0.15) is 36.8 Å². The molecule has 0 saturated heterocycles. The van der Waals surface area contributed by atoms with Crippen LogP contribution in [-0.2, 0) is 17.8 Å². The van der Waals surface area contributed by atoms with Crippen molar-refractivity contribution in [2.24, 2.45) is 5.41 Å². The van der Waals surface area contributed by atoms with Gasteiger partial charge in [0.05, 0.1) is 6.42 Å². The van der Waals surface area contributed by atoms with Crippen LogP contribution in [0.25, 0.3) is 0 Å². The number of nitrogens with one attached hydrogen (secondary N) is 1. The molecule has 0 bridgehead atoms. The van der Waals surface area contributed by atoms with E-state index in [1.807, 2.05) is 0 Å². The molecule has 4 rings (SSSR count). The van der Waals surface area contributed by atoms with Gasteiger partial charge in [0.15, 0.2) is 0 Å². The number of rotatable bonds is 6. The normalized spacial score (nSPS) is 26.5. The first-order chi connectivity index (χ1) is 13.0. The second kappa shape index (κ2) is 7.43. The van der Waals surface area contributed by atoms with Crippen LogP contribution in [0.2, 0.25) is 0 Å². The number of halogens is 1. The predicted molar refractivity (Wildman–Crippen MR) is 105 cm³/mol. The molecule has 2 saturated carbocycles. The van der Waals surface area contributed by atoms with Crippen molar-refractivity contribution in [3.05, 3.63) is 71.5 Å². The van der Waals surface area contributed by atoms with Crippen molar-refractivity contribution in [1.29, 1.82) is 0 Å². The molecule has 0 aliphatic heterocycles. The van der Waals surface area contributed by atoms with Gasteiger partial charge < -0.3 is 5.32 Å². The summed E-state index contributed by atoms with van der Waals surface area (Å²) in [7, 11) is 2.21. The fraction of sp³-hybridized carbons (Fsp3) is 0.435. The van der Waals surface area contributed by atoms with Crippen LogP contribution >= 0.6 is 0 Å². The van der Waals surface area contributed by atoms with Gasteiger partial charge in [-0.3, -0.25) is 9.69 Å². The van der Waals surface area contributed by atoms with E-state index in [0.717, 1.165) is 24.9 Å². The monoisotopic (exact) mass is 366 g/mol. The Balaban J connectivity index is 1.18.